The van der Waals surface area contributed by atoms with E-state index in [0.717, 1.165) is 16.8 Å². The van der Waals surface area contributed by atoms with Crippen LogP contribution in [0.1, 0.15) is 21.5 Å². The minimum absolute atomic E-state index is 0.0284. The lowest BCUT2D eigenvalue weighted by atomic mass is 10.1. The summed E-state index contributed by atoms with van der Waals surface area (Å²) in [6.45, 7) is 6.21. The number of carbonyl (C=O) groups excluding carboxylic acids is 2. The van der Waals surface area contributed by atoms with Crippen LogP contribution in [0.3, 0.4) is 0 Å². The van der Waals surface area contributed by atoms with Gasteiger partial charge in [-0.05, 0) is 49.7 Å². The Bertz CT molecular complexity index is 1170. The Kier molecular flexibility index (Phi) is 7.38. The molecule has 0 saturated carbocycles. The van der Waals surface area contributed by atoms with E-state index in [-0.39, 0.29) is 18.4 Å². The number of nitrogens with one attached hydrogen (secondary N) is 1. The minimum Gasteiger partial charge on any atom is -0.483 e. The molecule has 6 nitrogen and oxygen atoms in total. The van der Waals surface area contributed by atoms with Crippen molar-refractivity contribution in [3.63, 3.8) is 0 Å². The van der Waals surface area contributed by atoms with Crippen molar-refractivity contribution in [1.29, 1.82) is 0 Å². The molecule has 34 heavy (non-hydrogen) atoms. The van der Waals surface area contributed by atoms with Gasteiger partial charge in [0.25, 0.3) is 11.8 Å². The van der Waals surface area contributed by atoms with Gasteiger partial charge in [-0.25, -0.2) is 0 Å². The van der Waals surface area contributed by atoms with Gasteiger partial charge in [0.05, 0.1) is 16.4 Å². The number of hydrogen-bond acceptors (Lipinski definition) is 4. The van der Waals surface area contributed by atoms with Gasteiger partial charge in [0.2, 0.25) is 0 Å². The van der Waals surface area contributed by atoms with Crippen LogP contribution in [-0.4, -0.2) is 49.5 Å². The molecular formula is C27H28ClN3O3. The van der Waals surface area contributed by atoms with Crippen molar-refractivity contribution < 1.29 is 14.3 Å². The first-order valence-electron chi connectivity index (χ1n) is 11.3. The Morgan fingerprint density at radius 2 is 1.62 bits per heavy atom. The van der Waals surface area contributed by atoms with Gasteiger partial charge in [-0.2, -0.15) is 0 Å². The van der Waals surface area contributed by atoms with E-state index in [9.17, 15) is 9.59 Å². The molecule has 1 aliphatic rings. The Balaban J connectivity index is 1.40. The third kappa shape index (κ3) is 5.51. The molecule has 0 unspecified atom stereocenters. The van der Waals surface area contributed by atoms with Crippen LogP contribution < -0.4 is 15.0 Å². The molecule has 2 amide bonds. The van der Waals surface area contributed by atoms with Crippen molar-refractivity contribution >= 4 is 34.8 Å². The van der Waals surface area contributed by atoms with Crippen molar-refractivity contribution in [3.05, 3.63) is 88.4 Å². The third-order valence-electron chi connectivity index (χ3n) is 5.89. The standard InChI is InChI=1S/C27H28ClN3O3/c1-19-10-12-21(13-11-19)27(33)31-16-14-30(15-17-31)26-22(28)7-5-8-23(26)29-25(32)18-34-24-9-4-3-6-20(24)2/h3-13H,14-18H2,1-2H3,(H,29,32). The number of para-hydroxylation sites is 2. The van der Waals surface area contributed by atoms with Crippen molar-refractivity contribution in [1.82, 2.24) is 4.90 Å². The average Bonchev–Trinajstić information content (AvgIpc) is 2.84. The number of ether oxygens (including phenoxy) is 1. The average molecular weight is 478 g/mol. The maximum Gasteiger partial charge on any atom is 0.262 e. The van der Waals surface area contributed by atoms with E-state index in [2.05, 4.69) is 10.2 Å². The largest absolute Gasteiger partial charge is 0.483 e. The molecule has 3 aromatic rings. The van der Waals surface area contributed by atoms with E-state index < -0.39 is 0 Å². The van der Waals surface area contributed by atoms with Crippen LogP contribution in [0.4, 0.5) is 11.4 Å². The predicted molar refractivity (Wildman–Crippen MR) is 136 cm³/mol. The highest BCUT2D eigenvalue weighted by molar-refractivity contribution is 6.34. The second-order valence-electron chi connectivity index (χ2n) is 8.38. The summed E-state index contributed by atoms with van der Waals surface area (Å²) in [7, 11) is 0. The molecule has 0 aromatic heterocycles. The quantitative estimate of drug-likeness (QED) is 0.546. The van der Waals surface area contributed by atoms with E-state index in [1.807, 2.05) is 73.3 Å². The van der Waals surface area contributed by atoms with E-state index in [0.29, 0.717) is 48.2 Å². The lowest BCUT2D eigenvalue weighted by Gasteiger charge is -2.37. The molecule has 3 aromatic carbocycles. The Labute approximate surface area is 205 Å². The summed E-state index contributed by atoms with van der Waals surface area (Å²) in [4.78, 5) is 29.4. The van der Waals surface area contributed by atoms with E-state index in [1.165, 1.54) is 0 Å². The molecule has 7 heteroatoms. The highest BCUT2D eigenvalue weighted by Crippen LogP contribution is 2.34. The minimum atomic E-state index is -0.264. The van der Waals surface area contributed by atoms with Crippen LogP contribution in [0, 0.1) is 13.8 Å². The number of carbonyl (C=O) groups is 2. The zero-order valence-corrected chi connectivity index (χ0v) is 20.1. The number of piperazine rings is 1. The van der Waals surface area contributed by atoms with Crippen molar-refractivity contribution in [2.45, 2.75) is 13.8 Å². The molecule has 0 atom stereocenters. The number of nitrogens with zero attached hydrogens (tertiary/aromatic N) is 2. The summed E-state index contributed by atoms with van der Waals surface area (Å²) >= 11 is 6.54. The van der Waals surface area contributed by atoms with Gasteiger partial charge in [-0.15, -0.1) is 0 Å². The number of rotatable bonds is 6. The highest BCUT2D eigenvalue weighted by atomic mass is 35.5. The Morgan fingerprint density at radius 1 is 0.912 bits per heavy atom. The fraction of sp³-hybridized carbons (Fsp3) is 0.259. The second-order valence-corrected chi connectivity index (χ2v) is 8.79. The highest BCUT2D eigenvalue weighted by Gasteiger charge is 2.25. The van der Waals surface area contributed by atoms with Gasteiger partial charge in [-0.3, -0.25) is 9.59 Å². The van der Waals surface area contributed by atoms with Crippen LogP contribution in [0.25, 0.3) is 0 Å². The van der Waals surface area contributed by atoms with Crippen molar-refractivity contribution in [2.24, 2.45) is 0 Å². The molecule has 1 saturated heterocycles. The summed E-state index contributed by atoms with van der Waals surface area (Å²) in [5, 5.41) is 3.48. The van der Waals surface area contributed by atoms with Crippen LogP contribution >= 0.6 is 11.6 Å². The summed E-state index contributed by atoms with van der Waals surface area (Å²) in [6.07, 6.45) is 0. The number of amides is 2. The molecule has 176 valence electrons. The number of hydrogen-bond donors (Lipinski definition) is 1. The molecule has 0 bridgehead atoms. The molecule has 4 rings (SSSR count). The van der Waals surface area contributed by atoms with E-state index >= 15 is 0 Å². The van der Waals surface area contributed by atoms with Crippen molar-refractivity contribution in [3.8, 4) is 5.75 Å². The van der Waals surface area contributed by atoms with Gasteiger partial charge in [0, 0.05) is 31.7 Å². The first kappa shape index (κ1) is 23.6. The third-order valence-corrected chi connectivity index (χ3v) is 6.20. The SMILES string of the molecule is Cc1ccc(C(=O)N2CCN(c3c(Cl)cccc3NC(=O)COc3ccccc3C)CC2)cc1. The number of anilines is 2. The zero-order chi connectivity index (χ0) is 24.1. The summed E-state index contributed by atoms with van der Waals surface area (Å²) in [5.74, 6) is 0.443. The van der Waals surface area contributed by atoms with Crippen LogP contribution in [-0.2, 0) is 4.79 Å². The first-order chi connectivity index (χ1) is 16.4. The fourth-order valence-corrected chi connectivity index (χ4v) is 4.29. The second kappa shape index (κ2) is 10.6. The fourth-order valence-electron chi connectivity index (χ4n) is 4.00. The number of halogens is 1. The number of benzene rings is 3. The zero-order valence-electron chi connectivity index (χ0n) is 19.4. The first-order valence-corrected chi connectivity index (χ1v) is 11.7. The van der Waals surface area contributed by atoms with E-state index in [4.69, 9.17) is 16.3 Å². The molecule has 0 aliphatic carbocycles. The summed E-state index contributed by atoms with van der Waals surface area (Å²) < 4.78 is 5.67. The molecule has 1 N–H and O–H groups in total. The normalized spacial score (nSPS) is 13.5. The molecular weight excluding hydrogens is 450 g/mol. The topological polar surface area (TPSA) is 61.9 Å². The van der Waals surface area contributed by atoms with Gasteiger partial charge in [0.15, 0.2) is 6.61 Å². The molecule has 0 spiro atoms. The van der Waals surface area contributed by atoms with Crippen LogP contribution in [0.5, 0.6) is 5.75 Å². The van der Waals surface area contributed by atoms with Gasteiger partial charge in [-0.1, -0.05) is 53.6 Å². The van der Waals surface area contributed by atoms with Gasteiger partial charge < -0.3 is 19.9 Å². The molecule has 0 radical (unpaired) electrons. The maximum absolute atomic E-state index is 12.9. The maximum atomic E-state index is 12.9. The van der Waals surface area contributed by atoms with Gasteiger partial charge >= 0.3 is 0 Å². The van der Waals surface area contributed by atoms with Crippen LogP contribution in [0.15, 0.2) is 66.7 Å². The van der Waals surface area contributed by atoms with Gasteiger partial charge in [0.1, 0.15) is 5.75 Å². The smallest absolute Gasteiger partial charge is 0.262 e. The lowest BCUT2D eigenvalue weighted by Crippen LogP contribution is -2.49. The lowest BCUT2D eigenvalue weighted by molar-refractivity contribution is -0.118. The van der Waals surface area contributed by atoms with Crippen LogP contribution in [0.2, 0.25) is 5.02 Å². The molecule has 1 fully saturated rings. The molecule has 1 aliphatic heterocycles. The Morgan fingerprint density at radius 3 is 2.32 bits per heavy atom. The van der Waals surface area contributed by atoms with Crippen molar-refractivity contribution in [2.75, 3.05) is 43.0 Å². The predicted octanol–water partition coefficient (Wildman–Crippen LogP) is 4.94. The van der Waals surface area contributed by atoms with E-state index in [1.54, 1.807) is 12.1 Å². The summed E-state index contributed by atoms with van der Waals surface area (Å²) in [6, 6.07) is 20.6. The summed E-state index contributed by atoms with van der Waals surface area (Å²) in [5.41, 5.74) is 4.18. The Hall–Kier alpha value is -3.51. The number of aryl methyl sites for hydroxylation is 2. The molecule has 1 heterocycles. The monoisotopic (exact) mass is 477 g/mol.